The Kier molecular flexibility index (Phi) is 18.9. The molecule has 6 heteroatoms. The van der Waals surface area contributed by atoms with E-state index in [1.54, 1.807) is 48.5 Å². The molecule has 0 heterocycles. The second kappa shape index (κ2) is 23.4. The van der Waals surface area contributed by atoms with E-state index in [4.69, 9.17) is 14.2 Å². The molecule has 0 spiro atoms. The predicted octanol–water partition coefficient (Wildman–Crippen LogP) is 11.9. The molecular formula is C43H58O6. The maximum absolute atomic E-state index is 12.7. The van der Waals surface area contributed by atoms with Crippen molar-refractivity contribution in [2.24, 2.45) is 5.92 Å². The van der Waals surface area contributed by atoms with Crippen LogP contribution in [0.25, 0.3) is 11.1 Å². The van der Waals surface area contributed by atoms with Crippen LogP contribution in [0.4, 0.5) is 0 Å². The summed E-state index contributed by atoms with van der Waals surface area (Å²) in [6.07, 6.45) is 20.6. The fourth-order valence-corrected chi connectivity index (χ4v) is 5.58. The lowest BCUT2D eigenvalue weighted by molar-refractivity contribution is -0.134. The van der Waals surface area contributed by atoms with E-state index < -0.39 is 5.97 Å². The summed E-state index contributed by atoms with van der Waals surface area (Å²) < 4.78 is 16.4. The molecule has 3 rings (SSSR count). The molecule has 3 aromatic carbocycles. The number of rotatable bonds is 24. The van der Waals surface area contributed by atoms with Gasteiger partial charge in [-0.3, -0.25) is 4.79 Å². The van der Waals surface area contributed by atoms with E-state index in [-0.39, 0.29) is 11.9 Å². The van der Waals surface area contributed by atoms with Crippen LogP contribution in [-0.4, -0.2) is 24.5 Å². The van der Waals surface area contributed by atoms with E-state index in [0.717, 1.165) is 36.8 Å². The van der Waals surface area contributed by atoms with Crippen molar-refractivity contribution >= 4 is 17.9 Å². The topological polar surface area (TPSA) is 78.9 Å². The molecule has 0 saturated heterocycles. The van der Waals surface area contributed by atoms with Crippen LogP contribution in [0.3, 0.4) is 0 Å². The van der Waals surface area contributed by atoms with Crippen molar-refractivity contribution in [3.63, 3.8) is 0 Å². The molecule has 0 radical (unpaired) electrons. The second-order valence-electron chi connectivity index (χ2n) is 13.3. The summed E-state index contributed by atoms with van der Waals surface area (Å²) in [6.45, 7) is 6.80. The molecule has 0 saturated carbocycles. The molecule has 0 amide bonds. The molecule has 6 nitrogen and oxygen atoms in total. The molecule has 1 atom stereocenters. The summed E-state index contributed by atoms with van der Waals surface area (Å²) in [7, 11) is 0. The van der Waals surface area contributed by atoms with Crippen molar-refractivity contribution in [2.75, 3.05) is 6.61 Å². The number of ether oxygens (including phenoxy) is 3. The highest BCUT2D eigenvalue weighted by atomic mass is 16.5. The SMILES string of the molecule is CCCCCCCCCCCCCCCCCC(=O)Oc1ccc(C(=O)Oc2ccc(-c3ccc(C(=O)OC[C@@H](C)CC)cc3)cc2)cc1. The summed E-state index contributed by atoms with van der Waals surface area (Å²) in [5.41, 5.74) is 2.73. The second-order valence-corrected chi connectivity index (χ2v) is 13.3. The fraction of sp³-hybridized carbons (Fsp3) is 0.512. The van der Waals surface area contributed by atoms with Gasteiger partial charge in [-0.2, -0.15) is 0 Å². The molecular weight excluding hydrogens is 612 g/mol. The van der Waals surface area contributed by atoms with E-state index in [1.165, 1.54) is 77.0 Å². The molecule has 0 unspecified atom stereocenters. The monoisotopic (exact) mass is 670 g/mol. The Morgan fingerprint density at radius 2 is 0.918 bits per heavy atom. The Hall–Kier alpha value is -3.93. The number of carbonyl (C=O) groups is 3. The Labute approximate surface area is 294 Å². The number of carbonyl (C=O) groups excluding carboxylic acids is 3. The van der Waals surface area contributed by atoms with Crippen LogP contribution in [0.5, 0.6) is 11.5 Å². The van der Waals surface area contributed by atoms with Crippen LogP contribution in [0.15, 0.2) is 72.8 Å². The van der Waals surface area contributed by atoms with E-state index in [1.807, 2.05) is 24.3 Å². The van der Waals surface area contributed by atoms with E-state index in [9.17, 15) is 14.4 Å². The molecule has 0 aliphatic heterocycles. The zero-order valence-corrected chi connectivity index (χ0v) is 30.2. The van der Waals surface area contributed by atoms with Gasteiger partial charge in [0.1, 0.15) is 11.5 Å². The van der Waals surface area contributed by atoms with Crippen LogP contribution >= 0.6 is 0 Å². The lowest BCUT2D eigenvalue weighted by Gasteiger charge is -2.10. The van der Waals surface area contributed by atoms with Gasteiger partial charge in [0.05, 0.1) is 17.7 Å². The average Bonchev–Trinajstić information content (AvgIpc) is 3.12. The predicted molar refractivity (Wildman–Crippen MR) is 198 cm³/mol. The first-order valence-electron chi connectivity index (χ1n) is 18.8. The summed E-state index contributed by atoms with van der Waals surface area (Å²) in [6, 6.07) is 20.9. The van der Waals surface area contributed by atoms with E-state index in [2.05, 4.69) is 20.8 Å². The normalized spacial score (nSPS) is 11.6. The zero-order valence-electron chi connectivity index (χ0n) is 30.2. The third kappa shape index (κ3) is 15.9. The Morgan fingerprint density at radius 3 is 1.43 bits per heavy atom. The smallest absolute Gasteiger partial charge is 0.343 e. The van der Waals surface area contributed by atoms with Gasteiger partial charge in [-0.15, -0.1) is 0 Å². The van der Waals surface area contributed by atoms with Crippen molar-refractivity contribution in [1.82, 2.24) is 0 Å². The minimum Gasteiger partial charge on any atom is -0.462 e. The molecule has 266 valence electrons. The van der Waals surface area contributed by atoms with Crippen molar-refractivity contribution in [3.8, 4) is 22.6 Å². The van der Waals surface area contributed by atoms with E-state index in [0.29, 0.717) is 41.6 Å². The van der Waals surface area contributed by atoms with Gasteiger partial charge in [0.2, 0.25) is 0 Å². The largest absolute Gasteiger partial charge is 0.462 e. The van der Waals surface area contributed by atoms with Gasteiger partial charge in [-0.25, -0.2) is 9.59 Å². The van der Waals surface area contributed by atoms with Crippen LogP contribution < -0.4 is 9.47 Å². The molecule has 0 aromatic heterocycles. The van der Waals surface area contributed by atoms with Crippen molar-refractivity contribution in [1.29, 1.82) is 0 Å². The lowest BCUT2D eigenvalue weighted by Crippen LogP contribution is -2.11. The Balaban J connectivity index is 1.28. The first-order chi connectivity index (χ1) is 23.9. The fourth-order valence-electron chi connectivity index (χ4n) is 5.58. The molecule has 0 aliphatic rings. The summed E-state index contributed by atoms with van der Waals surface area (Å²) in [5.74, 6) is 0.0959. The van der Waals surface area contributed by atoms with Crippen molar-refractivity contribution < 1.29 is 28.6 Å². The van der Waals surface area contributed by atoms with Gasteiger partial charge in [0.15, 0.2) is 0 Å². The minimum absolute atomic E-state index is 0.249. The van der Waals surface area contributed by atoms with Gasteiger partial charge in [0.25, 0.3) is 0 Å². The third-order valence-electron chi connectivity index (χ3n) is 9.02. The van der Waals surface area contributed by atoms with Crippen molar-refractivity contribution in [2.45, 2.75) is 130 Å². The van der Waals surface area contributed by atoms with Crippen LogP contribution in [-0.2, 0) is 9.53 Å². The van der Waals surface area contributed by atoms with Crippen LogP contribution in [0.1, 0.15) is 151 Å². The number of hydrogen-bond acceptors (Lipinski definition) is 6. The quantitative estimate of drug-likeness (QED) is 0.0536. The zero-order chi connectivity index (χ0) is 35.1. The number of esters is 3. The Bertz CT molecular complexity index is 1360. The molecule has 0 aliphatic carbocycles. The third-order valence-corrected chi connectivity index (χ3v) is 9.02. The van der Waals surface area contributed by atoms with Crippen LogP contribution in [0, 0.1) is 5.92 Å². The van der Waals surface area contributed by atoms with Gasteiger partial charge < -0.3 is 14.2 Å². The first kappa shape index (κ1) is 39.5. The minimum atomic E-state index is -0.497. The van der Waals surface area contributed by atoms with Gasteiger partial charge >= 0.3 is 17.9 Å². The molecule has 0 N–H and O–H groups in total. The number of hydrogen-bond donors (Lipinski definition) is 0. The maximum Gasteiger partial charge on any atom is 0.343 e. The van der Waals surface area contributed by atoms with Crippen molar-refractivity contribution in [3.05, 3.63) is 83.9 Å². The first-order valence-corrected chi connectivity index (χ1v) is 18.8. The number of unbranched alkanes of at least 4 members (excludes halogenated alkanes) is 14. The highest BCUT2D eigenvalue weighted by molar-refractivity contribution is 5.91. The summed E-state index contributed by atoms with van der Waals surface area (Å²) >= 11 is 0. The highest BCUT2D eigenvalue weighted by Gasteiger charge is 2.12. The maximum atomic E-state index is 12.7. The molecule has 0 fully saturated rings. The summed E-state index contributed by atoms with van der Waals surface area (Å²) in [5, 5.41) is 0. The molecule has 49 heavy (non-hydrogen) atoms. The highest BCUT2D eigenvalue weighted by Crippen LogP contribution is 2.24. The standard InChI is InChI=1S/C43H58O6/c1-4-6-7-8-9-10-11-12-13-14-15-16-17-18-19-20-41(44)48-39-31-27-38(28-32-39)43(46)49-40-29-25-36(26-30-40)35-21-23-37(24-22-35)42(45)47-33-34(3)5-2/h21-32,34H,4-20,33H2,1-3H3/t34-/m0/s1. The molecule has 3 aromatic rings. The van der Waals surface area contributed by atoms with E-state index >= 15 is 0 Å². The van der Waals surface area contributed by atoms with Gasteiger partial charge in [-0.05, 0) is 72.0 Å². The lowest BCUT2D eigenvalue weighted by atomic mass is 10.0. The summed E-state index contributed by atoms with van der Waals surface area (Å²) in [4.78, 5) is 37.3. The number of benzene rings is 3. The molecule has 0 bridgehead atoms. The van der Waals surface area contributed by atoms with Gasteiger partial charge in [-0.1, -0.05) is 141 Å². The van der Waals surface area contributed by atoms with Crippen LogP contribution in [0.2, 0.25) is 0 Å². The van der Waals surface area contributed by atoms with Gasteiger partial charge in [0, 0.05) is 6.42 Å². The average molecular weight is 671 g/mol. The Morgan fingerprint density at radius 1 is 0.510 bits per heavy atom.